The van der Waals surface area contributed by atoms with Gasteiger partial charge in [0.15, 0.2) is 0 Å². The Balaban J connectivity index is 1.82. The predicted octanol–water partition coefficient (Wildman–Crippen LogP) is 6.14. The van der Waals surface area contributed by atoms with E-state index < -0.39 is 23.7 Å². The minimum Gasteiger partial charge on any atom is -0.507 e. The molecule has 1 aliphatic rings. The summed E-state index contributed by atoms with van der Waals surface area (Å²) >= 11 is 0. The highest BCUT2D eigenvalue weighted by molar-refractivity contribution is 6.51. The summed E-state index contributed by atoms with van der Waals surface area (Å²) in [5.41, 5.74) is 3.54. The first-order valence-corrected chi connectivity index (χ1v) is 13.0. The number of ether oxygens (including phenoxy) is 2. The lowest BCUT2D eigenvalue weighted by molar-refractivity contribution is -0.132. The van der Waals surface area contributed by atoms with Crippen LogP contribution in [0.15, 0.2) is 72.3 Å². The van der Waals surface area contributed by atoms with Gasteiger partial charge in [-0.2, -0.15) is 0 Å². The molecule has 202 valence electrons. The number of nitrogens with zero attached hydrogens (tertiary/aromatic N) is 1. The summed E-state index contributed by atoms with van der Waals surface area (Å²) in [6.45, 7) is 10.4. The summed E-state index contributed by atoms with van der Waals surface area (Å²) in [7, 11) is 0. The van der Waals surface area contributed by atoms with Gasteiger partial charge in [0.1, 0.15) is 11.5 Å². The third-order valence-corrected chi connectivity index (χ3v) is 6.60. The van der Waals surface area contributed by atoms with E-state index in [4.69, 9.17) is 9.47 Å². The number of carbonyl (C=O) groups is 3. The second-order valence-electron chi connectivity index (χ2n) is 9.98. The Hall–Kier alpha value is -4.39. The van der Waals surface area contributed by atoms with E-state index in [9.17, 15) is 19.5 Å². The zero-order valence-corrected chi connectivity index (χ0v) is 22.9. The van der Waals surface area contributed by atoms with Gasteiger partial charge in [0.25, 0.3) is 11.7 Å². The SMILES string of the molecule is CCOC(=O)c1ccc(N2C(=O)C(=O)/C(=C(/O)c3ccc(OCC(C)C)c(C)c3)C2c2ccccc2C)cc1. The number of anilines is 1. The molecule has 1 atom stereocenters. The highest BCUT2D eigenvalue weighted by Gasteiger charge is 2.47. The number of aryl methyl sites for hydroxylation is 2. The third kappa shape index (κ3) is 5.58. The molecule has 1 amide bonds. The number of benzene rings is 3. The van der Waals surface area contributed by atoms with Crippen LogP contribution in [0.1, 0.15) is 59.4 Å². The molecule has 7 heteroatoms. The number of carbonyl (C=O) groups excluding carboxylic acids is 3. The van der Waals surface area contributed by atoms with E-state index in [-0.39, 0.29) is 17.9 Å². The van der Waals surface area contributed by atoms with Gasteiger partial charge in [0, 0.05) is 11.3 Å². The molecule has 1 aliphatic heterocycles. The van der Waals surface area contributed by atoms with Crippen LogP contribution < -0.4 is 9.64 Å². The molecule has 1 saturated heterocycles. The molecule has 39 heavy (non-hydrogen) atoms. The topological polar surface area (TPSA) is 93.1 Å². The van der Waals surface area contributed by atoms with Crippen molar-refractivity contribution in [1.82, 2.24) is 0 Å². The summed E-state index contributed by atoms with van der Waals surface area (Å²) in [4.78, 5) is 40.5. The number of amides is 1. The van der Waals surface area contributed by atoms with Gasteiger partial charge < -0.3 is 14.6 Å². The fourth-order valence-corrected chi connectivity index (χ4v) is 4.63. The van der Waals surface area contributed by atoms with Crippen LogP contribution in [-0.4, -0.2) is 36.0 Å². The van der Waals surface area contributed by atoms with Crippen molar-refractivity contribution < 1.29 is 29.0 Å². The first kappa shape index (κ1) is 27.6. The lowest BCUT2D eigenvalue weighted by Crippen LogP contribution is -2.29. The molecule has 1 heterocycles. The molecule has 0 aliphatic carbocycles. The van der Waals surface area contributed by atoms with E-state index in [2.05, 4.69) is 13.8 Å². The van der Waals surface area contributed by atoms with Crippen LogP contribution in [-0.2, 0) is 14.3 Å². The molecule has 4 rings (SSSR count). The predicted molar refractivity (Wildman–Crippen MR) is 150 cm³/mol. The van der Waals surface area contributed by atoms with Crippen molar-refractivity contribution in [3.8, 4) is 5.75 Å². The van der Waals surface area contributed by atoms with E-state index in [0.29, 0.717) is 40.7 Å². The Morgan fingerprint density at radius 1 is 0.949 bits per heavy atom. The minimum atomic E-state index is -0.864. The van der Waals surface area contributed by atoms with Crippen LogP contribution in [0, 0.1) is 19.8 Å². The van der Waals surface area contributed by atoms with Crippen molar-refractivity contribution in [3.63, 3.8) is 0 Å². The summed E-state index contributed by atoms with van der Waals surface area (Å²) in [5, 5.41) is 11.5. The van der Waals surface area contributed by atoms with Gasteiger partial charge >= 0.3 is 5.97 Å². The normalized spacial score (nSPS) is 16.6. The number of hydrogen-bond donors (Lipinski definition) is 1. The van der Waals surface area contributed by atoms with Gasteiger partial charge in [-0.05, 0) is 85.8 Å². The van der Waals surface area contributed by atoms with E-state index in [1.165, 1.54) is 4.90 Å². The number of Topliss-reactive ketones (excluding diaryl/α,β-unsaturated/α-hetero) is 1. The minimum absolute atomic E-state index is 0.000909. The highest BCUT2D eigenvalue weighted by Crippen LogP contribution is 2.43. The average molecular weight is 528 g/mol. The maximum absolute atomic E-state index is 13.5. The zero-order chi connectivity index (χ0) is 28.3. The number of hydrogen-bond acceptors (Lipinski definition) is 6. The van der Waals surface area contributed by atoms with Crippen LogP contribution in [0.5, 0.6) is 5.75 Å². The van der Waals surface area contributed by atoms with Crippen LogP contribution >= 0.6 is 0 Å². The van der Waals surface area contributed by atoms with Crippen molar-refractivity contribution in [2.75, 3.05) is 18.1 Å². The van der Waals surface area contributed by atoms with Gasteiger partial charge in [0.05, 0.1) is 30.4 Å². The number of rotatable bonds is 8. The van der Waals surface area contributed by atoms with Crippen molar-refractivity contribution in [3.05, 3.63) is 100 Å². The van der Waals surface area contributed by atoms with Gasteiger partial charge in [-0.15, -0.1) is 0 Å². The standard InChI is InChI=1S/C32H33NO6/c1-6-38-32(37)22-11-14-24(15-12-22)33-28(25-10-8-7-9-20(25)4)27(30(35)31(33)36)29(34)23-13-16-26(21(5)17-23)39-18-19(2)3/h7-17,19,28,34H,6,18H2,1-5H3/b29-27+. The number of esters is 1. The van der Waals surface area contributed by atoms with Crippen molar-refractivity contribution >= 4 is 29.1 Å². The molecule has 0 radical (unpaired) electrons. The Bertz CT molecular complexity index is 1440. The van der Waals surface area contributed by atoms with E-state index in [0.717, 1.165) is 11.1 Å². The second kappa shape index (κ2) is 11.6. The van der Waals surface area contributed by atoms with Crippen LogP contribution in [0.4, 0.5) is 5.69 Å². The molecule has 0 aromatic heterocycles. The largest absolute Gasteiger partial charge is 0.507 e. The second-order valence-corrected chi connectivity index (χ2v) is 9.98. The van der Waals surface area contributed by atoms with Crippen molar-refractivity contribution in [2.45, 2.75) is 40.7 Å². The van der Waals surface area contributed by atoms with Gasteiger partial charge in [-0.3, -0.25) is 14.5 Å². The maximum atomic E-state index is 13.5. The molecule has 1 fully saturated rings. The van der Waals surface area contributed by atoms with Crippen LogP contribution in [0.3, 0.4) is 0 Å². The lowest BCUT2D eigenvalue weighted by atomic mass is 9.92. The molecule has 1 N–H and O–H groups in total. The maximum Gasteiger partial charge on any atom is 0.338 e. The van der Waals surface area contributed by atoms with Crippen molar-refractivity contribution in [2.24, 2.45) is 5.92 Å². The fraction of sp³-hybridized carbons (Fsp3) is 0.281. The van der Waals surface area contributed by atoms with E-state index >= 15 is 0 Å². The fourth-order valence-electron chi connectivity index (χ4n) is 4.63. The smallest absolute Gasteiger partial charge is 0.338 e. The Labute approximate surface area is 228 Å². The Morgan fingerprint density at radius 2 is 1.62 bits per heavy atom. The molecule has 0 saturated carbocycles. The zero-order valence-electron chi connectivity index (χ0n) is 22.9. The van der Waals surface area contributed by atoms with Crippen molar-refractivity contribution in [1.29, 1.82) is 0 Å². The average Bonchev–Trinajstić information content (AvgIpc) is 3.17. The first-order chi connectivity index (χ1) is 18.6. The molecule has 3 aromatic carbocycles. The molecule has 7 nitrogen and oxygen atoms in total. The molecule has 1 unspecified atom stereocenters. The van der Waals surface area contributed by atoms with E-state index in [1.807, 2.05) is 38.1 Å². The molecule has 0 spiro atoms. The van der Waals surface area contributed by atoms with Gasteiger partial charge in [-0.25, -0.2) is 4.79 Å². The highest BCUT2D eigenvalue weighted by atomic mass is 16.5. The molecule has 3 aromatic rings. The van der Waals surface area contributed by atoms with Crippen LogP contribution in [0.2, 0.25) is 0 Å². The number of aliphatic hydroxyl groups is 1. The monoisotopic (exact) mass is 527 g/mol. The first-order valence-electron chi connectivity index (χ1n) is 13.0. The quantitative estimate of drug-likeness (QED) is 0.164. The van der Waals surface area contributed by atoms with Gasteiger partial charge in [0.2, 0.25) is 0 Å². The summed E-state index contributed by atoms with van der Waals surface area (Å²) < 4.78 is 10.9. The number of aliphatic hydroxyl groups excluding tert-OH is 1. The summed E-state index contributed by atoms with van der Waals surface area (Å²) in [6.07, 6.45) is 0. The van der Waals surface area contributed by atoms with Gasteiger partial charge in [-0.1, -0.05) is 38.1 Å². The molecule has 0 bridgehead atoms. The van der Waals surface area contributed by atoms with E-state index in [1.54, 1.807) is 49.4 Å². The molecular formula is C32H33NO6. The summed E-state index contributed by atoms with van der Waals surface area (Å²) in [6, 6.07) is 18.1. The number of ketones is 1. The molecular weight excluding hydrogens is 494 g/mol. The third-order valence-electron chi connectivity index (χ3n) is 6.60. The lowest BCUT2D eigenvalue weighted by Gasteiger charge is -2.26. The Kier molecular flexibility index (Phi) is 8.19. The van der Waals surface area contributed by atoms with Crippen LogP contribution in [0.25, 0.3) is 5.76 Å². The Morgan fingerprint density at radius 3 is 2.23 bits per heavy atom. The summed E-state index contributed by atoms with van der Waals surface area (Å²) in [5.74, 6) is -1.23.